The number of esters is 1. The fraction of sp³-hybridized carbons (Fsp3) is 0.714. The van der Waals surface area contributed by atoms with Gasteiger partial charge in [-0.1, -0.05) is 12.8 Å². The van der Waals surface area contributed by atoms with E-state index in [1.807, 2.05) is 11.6 Å². The molecule has 1 aliphatic heterocycles. The zero-order valence-corrected chi connectivity index (χ0v) is 11.4. The van der Waals surface area contributed by atoms with Crippen molar-refractivity contribution < 1.29 is 9.53 Å². The Morgan fingerprint density at radius 3 is 3.00 bits per heavy atom. The fourth-order valence-corrected chi connectivity index (χ4v) is 3.39. The van der Waals surface area contributed by atoms with E-state index in [0.717, 1.165) is 24.7 Å². The number of aromatic nitrogens is 2. The molecule has 19 heavy (non-hydrogen) atoms. The third-order valence-corrected chi connectivity index (χ3v) is 4.28. The van der Waals surface area contributed by atoms with Crippen LogP contribution in [0.4, 0.5) is 5.82 Å². The number of hydrogen-bond acceptors (Lipinski definition) is 4. The number of ether oxygens (including phenoxy) is 1. The lowest BCUT2D eigenvalue weighted by Crippen LogP contribution is -2.28. The predicted octanol–water partition coefficient (Wildman–Crippen LogP) is 2.61. The zero-order valence-electron chi connectivity index (χ0n) is 11.4. The summed E-state index contributed by atoms with van der Waals surface area (Å²) in [4.78, 5) is 11.9. The highest BCUT2D eigenvalue weighted by molar-refractivity contribution is 5.94. The molecule has 1 fully saturated rings. The highest BCUT2D eigenvalue weighted by atomic mass is 16.5. The van der Waals surface area contributed by atoms with E-state index in [4.69, 9.17) is 4.74 Å². The number of hydrogen-bond donors (Lipinski definition) is 1. The third kappa shape index (κ3) is 2.22. The molecule has 1 unspecified atom stereocenters. The predicted molar refractivity (Wildman–Crippen MR) is 72.3 cm³/mol. The number of carbonyl (C=O) groups is 1. The molecule has 5 nitrogen and oxygen atoms in total. The summed E-state index contributed by atoms with van der Waals surface area (Å²) in [5.74, 6) is 1.29. The minimum Gasteiger partial charge on any atom is -0.462 e. The summed E-state index contributed by atoms with van der Waals surface area (Å²) in [6.45, 7) is 3.14. The standard InChI is InChI=1S/C14H21N3O2/c1-2-19-14(18)11-9-16-17-12(7-8-15-13(11)17)10-5-3-4-6-10/h9-10,12,15H,2-8H2,1H3. The summed E-state index contributed by atoms with van der Waals surface area (Å²) in [5, 5.41) is 7.74. The molecule has 0 saturated heterocycles. The van der Waals surface area contributed by atoms with Gasteiger partial charge in [0.1, 0.15) is 11.4 Å². The van der Waals surface area contributed by atoms with Gasteiger partial charge in [-0.3, -0.25) is 0 Å². The van der Waals surface area contributed by atoms with Gasteiger partial charge in [-0.05, 0) is 32.1 Å². The first-order valence-corrected chi connectivity index (χ1v) is 7.29. The molecule has 104 valence electrons. The van der Waals surface area contributed by atoms with E-state index in [1.165, 1.54) is 25.7 Å². The van der Waals surface area contributed by atoms with Gasteiger partial charge in [0, 0.05) is 6.54 Å². The van der Waals surface area contributed by atoms with Crippen LogP contribution in [0.3, 0.4) is 0 Å². The largest absolute Gasteiger partial charge is 0.462 e. The summed E-state index contributed by atoms with van der Waals surface area (Å²) >= 11 is 0. The second kappa shape index (κ2) is 5.23. The number of fused-ring (bicyclic) bond motifs is 1. The topological polar surface area (TPSA) is 56.1 Å². The molecule has 0 amide bonds. The summed E-state index contributed by atoms with van der Waals surface area (Å²) in [7, 11) is 0. The Kier molecular flexibility index (Phi) is 3.44. The Morgan fingerprint density at radius 2 is 2.26 bits per heavy atom. The van der Waals surface area contributed by atoms with Crippen molar-refractivity contribution in [3.8, 4) is 0 Å². The van der Waals surface area contributed by atoms with E-state index >= 15 is 0 Å². The molecule has 1 atom stereocenters. The minimum atomic E-state index is -0.275. The lowest BCUT2D eigenvalue weighted by atomic mass is 9.94. The summed E-state index contributed by atoms with van der Waals surface area (Å²) in [6.07, 6.45) is 7.98. The highest BCUT2D eigenvalue weighted by Gasteiger charge is 2.32. The highest BCUT2D eigenvalue weighted by Crippen LogP contribution is 2.39. The van der Waals surface area contributed by atoms with Crippen LogP contribution in [0.2, 0.25) is 0 Å². The number of anilines is 1. The second-order valence-electron chi connectivity index (χ2n) is 5.40. The van der Waals surface area contributed by atoms with Gasteiger partial charge < -0.3 is 10.1 Å². The molecule has 1 aliphatic carbocycles. The second-order valence-corrected chi connectivity index (χ2v) is 5.40. The summed E-state index contributed by atoms with van der Waals surface area (Å²) < 4.78 is 7.10. The minimum absolute atomic E-state index is 0.275. The molecule has 1 aromatic rings. The van der Waals surface area contributed by atoms with Crippen LogP contribution in [-0.2, 0) is 4.74 Å². The van der Waals surface area contributed by atoms with E-state index in [-0.39, 0.29) is 5.97 Å². The summed E-state index contributed by atoms with van der Waals surface area (Å²) in [6, 6.07) is 0.446. The van der Waals surface area contributed by atoms with E-state index in [2.05, 4.69) is 10.4 Å². The van der Waals surface area contributed by atoms with E-state index in [0.29, 0.717) is 18.2 Å². The van der Waals surface area contributed by atoms with Crippen LogP contribution >= 0.6 is 0 Å². The third-order valence-electron chi connectivity index (χ3n) is 4.28. The van der Waals surface area contributed by atoms with Gasteiger partial charge in [0.05, 0.1) is 18.8 Å². The van der Waals surface area contributed by atoms with E-state index in [1.54, 1.807) is 6.20 Å². The van der Waals surface area contributed by atoms with Gasteiger partial charge in [-0.15, -0.1) is 0 Å². The molecule has 2 aliphatic rings. The Balaban J connectivity index is 1.87. The number of nitrogens with one attached hydrogen (secondary N) is 1. The van der Waals surface area contributed by atoms with Crippen LogP contribution in [0.25, 0.3) is 0 Å². The van der Waals surface area contributed by atoms with Crippen LogP contribution in [0.15, 0.2) is 6.20 Å². The van der Waals surface area contributed by atoms with Gasteiger partial charge in [0.15, 0.2) is 0 Å². The van der Waals surface area contributed by atoms with Crippen LogP contribution in [0.1, 0.15) is 55.4 Å². The zero-order chi connectivity index (χ0) is 13.2. The first-order valence-electron chi connectivity index (χ1n) is 7.29. The first kappa shape index (κ1) is 12.5. The average molecular weight is 263 g/mol. The smallest absolute Gasteiger partial charge is 0.343 e. The first-order chi connectivity index (χ1) is 9.31. The van der Waals surface area contributed by atoms with Gasteiger partial charge >= 0.3 is 5.97 Å². The Bertz CT molecular complexity index is 463. The fourth-order valence-electron chi connectivity index (χ4n) is 3.39. The molecule has 1 saturated carbocycles. The quantitative estimate of drug-likeness (QED) is 0.852. The van der Waals surface area contributed by atoms with Crippen molar-refractivity contribution in [2.45, 2.75) is 45.1 Å². The Labute approximate surface area is 113 Å². The molecule has 3 rings (SSSR count). The normalized spacial score (nSPS) is 22.9. The summed E-state index contributed by atoms with van der Waals surface area (Å²) in [5.41, 5.74) is 0.574. The van der Waals surface area contributed by atoms with Crippen molar-refractivity contribution in [2.24, 2.45) is 5.92 Å². The van der Waals surface area contributed by atoms with Gasteiger partial charge in [-0.2, -0.15) is 5.10 Å². The number of carbonyl (C=O) groups excluding carboxylic acids is 1. The number of rotatable bonds is 3. The van der Waals surface area contributed by atoms with Crippen molar-refractivity contribution in [1.82, 2.24) is 9.78 Å². The molecule has 0 bridgehead atoms. The van der Waals surface area contributed by atoms with Crippen molar-refractivity contribution in [2.75, 3.05) is 18.5 Å². The molecule has 1 N–H and O–H groups in total. The van der Waals surface area contributed by atoms with Gasteiger partial charge in [0.2, 0.25) is 0 Å². The molecule has 0 radical (unpaired) electrons. The van der Waals surface area contributed by atoms with Crippen molar-refractivity contribution in [3.63, 3.8) is 0 Å². The SMILES string of the molecule is CCOC(=O)c1cnn2c1NCCC2C1CCCC1. The van der Waals surface area contributed by atoms with E-state index < -0.39 is 0 Å². The lowest BCUT2D eigenvalue weighted by molar-refractivity contribution is 0.0527. The maximum atomic E-state index is 11.9. The number of nitrogens with zero attached hydrogens (tertiary/aromatic N) is 2. The molecule has 0 aromatic carbocycles. The molecular weight excluding hydrogens is 242 g/mol. The van der Waals surface area contributed by atoms with Crippen molar-refractivity contribution in [1.29, 1.82) is 0 Å². The Hall–Kier alpha value is -1.52. The van der Waals surface area contributed by atoms with E-state index in [9.17, 15) is 4.79 Å². The van der Waals surface area contributed by atoms with Crippen LogP contribution in [0, 0.1) is 5.92 Å². The molecule has 0 spiro atoms. The van der Waals surface area contributed by atoms with Crippen LogP contribution in [-0.4, -0.2) is 28.9 Å². The molecule has 1 aromatic heterocycles. The lowest BCUT2D eigenvalue weighted by Gasteiger charge is -2.30. The monoisotopic (exact) mass is 263 g/mol. The molecule has 2 heterocycles. The van der Waals surface area contributed by atoms with Crippen LogP contribution < -0.4 is 5.32 Å². The molecule has 5 heteroatoms. The van der Waals surface area contributed by atoms with Gasteiger partial charge in [-0.25, -0.2) is 9.48 Å². The van der Waals surface area contributed by atoms with Gasteiger partial charge in [0.25, 0.3) is 0 Å². The van der Waals surface area contributed by atoms with Crippen LogP contribution in [0.5, 0.6) is 0 Å². The maximum Gasteiger partial charge on any atom is 0.343 e. The Morgan fingerprint density at radius 1 is 1.47 bits per heavy atom. The van der Waals surface area contributed by atoms with Crippen molar-refractivity contribution >= 4 is 11.8 Å². The van der Waals surface area contributed by atoms with Crippen molar-refractivity contribution in [3.05, 3.63) is 11.8 Å². The maximum absolute atomic E-state index is 11.9. The average Bonchev–Trinajstić information content (AvgIpc) is 3.08. The molecular formula is C14H21N3O2.